The molecule has 0 N–H and O–H groups in total. The van der Waals surface area contributed by atoms with Crippen LogP contribution in [0.5, 0.6) is 0 Å². The minimum atomic E-state index is 0.509. The smallest absolute Gasteiger partial charge is 0.0892 e. The van der Waals surface area contributed by atoms with E-state index in [2.05, 4.69) is 19.6 Å². The van der Waals surface area contributed by atoms with Crippen LogP contribution in [-0.4, -0.2) is 25.8 Å². The third-order valence-electron chi connectivity index (χ3n) is 1.31. The molecule has 0 aliphatic carbocycles. The average molecular weight is 178 g/mol. The summed E-state index contributed by atoms with van der Waals surface area (Å²) in [7, 11) is 0. The SMILES string of the molecule is CCCCOCCCOCS. The molecule has 0 amide bonds. The Morgan fingerprint density at radius 3 is 2.27 bits per heavy atom. The maximum Gasteiger partial charge on any atom is 0.0892 e. The Morgan fingerprint density at radius 2 is 1.64 bits per heavy atom. The third kappa shape index (κ3) is 10.3. The lowest BCUT2D eigenvalue weighted by atomic mass is 10.4. The molecule has 0 spiro atoms. The second kappa shape index (κ2) is 10.3. The van der Waals surface area contributed by atoms with Crippen LogP contribution in [-0.2, 0) is 9.47 Å². The fourth-order valence-electron chi connectivity index (χ4n) is 0.676. The van der Waals surface area contributed by atoms with Gasteiger partial charge in [-0.2, -0.15) is 12.6 Å². The van der Waals surface area contributed by atoms with Crippen molar-refractivity contribution in [3.8, 4) is 0 Å². The Hall–Kier alpha value is 0.270. The van der Waals surface area contributed by atoms with Gasteiger partial charge in [0.1, 0.15) is 0 Å². The predicted molar refractivity (Wildman–Crippen MR) is 50.1 cm³/mol. The molecule has 0 radical (unpaired) electrons. The first-order chi connectivity index (χ1) is 5.41. The van der Waals surface area contributed by atoms with E-state index in [4.69, 9.17) is 9.47 Å². The predicted octanol–water partition coefficient (Wildman–Crippen LogP) is 2.10. The highest BCUT2D eigenvalue weighted by Crippen LogP contribution is 1.90. The Morgan fingerprint density at radius 1 is 1.00 bits per heavy atom. The van der Waals surface area contributed by atoms with Crippen molar-refractivity contribution < 1.29 is 9.47 Å². The molecule has 0 atom stereocenters. The first kappa shape index (κ1) is 11.3. The van der Waals surface area contributed by atoms with Gasteiger partial charge in [0.15, 0.2) is 0 Å². The lowest BCUT2D eigenvalue weighted by Crippen LogP contribution is -2.01. The van der Waals surface area contributed by atoms with Crippen LogP contribution in [0.3, 0.4) is 0 Å². The normalized spacial score (nSPS) is 10.4. The van der Waals surface area contributed by atoms with Gasteiger partial charge >= 0.3 is 0 Å². The molecular formula is C8H18O2S. The highest BCUT2D eigenvalue weighted by Gasteiger charge is 1.88. The van der Waals surface area contributed by atoms with E-state index in [9.17, 15) is 0 Å². The largest absolute Gasteiger partial charge is 0.381 e. The molecule has 0 saturated carbocycles. The third-order valence-corrected chi connectivity index (χ3v) is 1.49. The van der Waals surface area contributed by atoms with Crippen LogP contribution in [0.15, 0.2) is 0 Å². The van der Waals surface area contributed by atoms with E-state index in [0.717, 1.165) is 32.7 Å². The molecule has 3 heteroatoms. The van der Waals surface area contributed by atoms with E-state index in [1.54, 1.807) is 0 Å². The number of hydrogen-bond donors (Lipinski definition) is 1. The number of thiol groups is 1. The summed E-state index contributed by atoms with van der Waals surface area (Å²) in [5, 5.41) is 0. The minimum absolute atomic E-state index is 0.509. The van der Waals surface area contributed by atoms with Crippen LogP contribution in [0.4, 0.5) is 0 Å². The molecular weight excluding hydrogens is 160 g/mol. The highest BCUT2D eigenvalue weighted by atomic mass is 32.1. The topological polar surface area (TPSA) is 18.5 Å². The van der Waals surface area contributed by atoms with Crippen molar-refractivity contribution in [1.29, 1.82) is 0 Å². The van der Waals surface area contributed by atoms with Crippen molar-refractivity contribution in [2.75, 3.05) is 25.8 Å². The monoisotopic (exact) mass is 178 g/mol. The lowest BCUT2D eigenvalue weighted by Gasteiger charge is -2.02. The van der Waals surface area contributed by atoms with Gasteiger partial charge in [-0.1, -0.05) is 13.3 Å². The van der Waals surface area contributed by atoms with Crippen molar-refractivity contribution in [3.63, 3.8) is 0 Å². The van der Waals surface area contributed by atoms with Crippen molar-refractivity contribution in [2.24, 2.45) is 0 Å². The first-order valence-corrected chi connectivity index (χ1v) is 4.81. The Kier molecular flexibility index (Phi) is 10.5. The molecule has 0 aromatic carbocycles. The van der Waals surface area contributed by atoms with Gasteiger partial charge in [0.05, 0.1) is 5.94 Å². The summed E-state index contributed by atoms with van der Waals surface area (Å²) in [6.07, 6.45) is 3.34. The zero-order chi connectivity index (χ0) is 8.36. The molecule has 0 aromatic rings. The van der Waals surface area contributed by atoms with E-state index in [-0.39, 0.29) is 0 Å². The van der Waals surface area contributed by atoms with Crippen LogP contribution >= 0.6 is 12.6 Å². The quantitative estimate of drug-likeness (QED) is 0.348. The number of rotatable bonds is 8. The van der Waals surface area contributed by atoms with Crippen molar-refractivity contribution >= 4 is 12.6 Å². The number of ether oxygens (including phenoxy) is 2. The summed E-state index contributed by atoms with van der Waals surface area (Å²) in [6.45, 7) is 4.62. The van der Waals surface area contributed by atoms with Gasteiger partial charge in [-0.05, 0) is 12.8 Å². The second-order valence-electron chi connectivity index (χ2n) is 2.36. The molecule has 0 aliphatic rings. The summed E-state index contributed by atoms with van der Waals surface area (Å²) < 4.78 is 10.3. The Bertz CT molecular complexity index is 61.1. The Labute approximate surface area is 74.7 Å². The standard InChI is InChI=1S/C8H18O2S/c1-2-3-5-9-6-4-7-10-8-11/h11H,2-8H2,1H3. The minimum Gasteiger partial charge on any atom is -0.381 e. The molecule has 68 valence electrons. The molecule has 0 unspecified atom stereocenters. The highest BCUT2D eigenvalue weighted by molar-refractivity contribution is 7.80. The van der Waals surface area contributed by atoms with Gasteiger partial charge in [-0.15, -0.1) is 0 Å². The van der Waals surface area contributed by atoms with Crippen LogP contribution in [0.25, 0.3) is 0 Å². The van der Waals surface area contributed by atoms with Crippen LogP contribution in [0.2, 0.25) is 0 Å². The van der Waals surface area contributed by atoms with Gasteiger partial charge in [0.2, 0.25) is 0 Å². The summed E-state index contributed by atoms with van der Waals surface area (Å²) in [5.41, 5.74) is 0. The lowest BCUT2D eigenvalue weighted by molar-refractivity contribution is 0.0976. The fourth-order valence-corrected chi connectivity index (χ4v) is 0.805. The number of hydrogen-bond acceptors (Lipinski definition) is 3. The first-order valence-electron chi connectivity index (χ1n) is 4.18. The van der Waals surface area contributed by atoms with Crippen LogP contribution in [0.1, 0.15) is 26.2 Å². The van der Waals surface area contributed by atoms with E-state index in [0.29, 0.717) is 5.94 Å². The second-order valence-corrected chi connectivity index (χ2v) is 2.62. The molecule has 0 fully saturated rings. The zero-order valence-electron chi connectivity index (χ0n) is 7.21. The molecule has 0 saturated heterocycles. The fraction of sp³-hybridized carbons (Fsp3) is 1.00. The van der Waals surface area contributed by atoms with E-state index in [1.807, 2.05) is 0 Å². The maximum absolute atomic E-state index is 5.32. The molecule has 2 nitrogen and oxygen atoms in total. The van der Waals surface area contributed by atoms with Crippen LogP contribution < -0.4 is 0 Å². The number of unbranched alkanes of at least 4 members (excludes halogenated alkanes) is 1. The van der Waals surface area contributed by atoms with E-state index < -0.39 is 0 Å². The molecule has 11 heavy (non-hydrogen) atoms. The molecule has 0 bridgehead atoms. The molecule has 0 rings (SSSR count). The maximum atomic E-state index is 5.32. The van der Waals surface area contributed by atoms with Crippen molar-refractivity contribution in [2.45, 2.75) is 26.2 Å². The Balaban J connectivity index is 2.69. The molecule has 0 heterocycles. The summed E-state index contributed by atoms with van der Waals surface area (Å²) in [4.78, 5) is 0. The van der Waals surface area contributed by atoms with Gasteiger partial charge in [-0.25, -0.2) is 0 Å². The summed E-state index contributed by atoms with van der Waals surface area (Å²) in [5.74, 6) is 0.509. The van der Waals surface area contributed by atoms with Crippen LogP contribution in [0, 0.1) is 0 Å². The zero-order valence-corrected chi connectivity index (χ0v) is 8.11. The van der Waals surface area contributed by atoms with Crippen molar-refractivity contribution in [3.05, 3.63) is 0 Å². The molecule has 0 aliphatic heterocycles. The molecule has 0 aromatic heterocycles. The van der Waals surface area contributed by atoms with Gasteiger partial charge in [0.25, 0.3) is 0 Å². The van der Waals surface area contributed by atoms with Gasteiger partial charge < -0.3 is 9.47 Å². The average Bonchev–Trinajstić information content (AvgIpc) is 2.03. The van der Waals surface area contributed by atoms with Gasteiger partial charge in [-0.3, -0.25) is 0 Å². The van der Waals surface area contributed by atoms with Gasteiger partial charge in [0, 0.05) is 19.8 Å². The van der Waals surface area contributed by atoms with E-state index >= 15 is 0 Å². The summed E-state index contributed by atoms with van der Waals surface area (Å²) in [6, 6.07) is 0. The van der Waals surface area contributed by atoms with E-state index in [1.165, 1.54) is 6.42 Å². The summed E-state index contributed by atoms with van der Waals surface area (Å²) >= 11 is 3.92. The van der Waals surface area contributed by atoms with Crippen molar-refractivity contribution in [1.82, 2.24) is 0 Å².